The van der Waals surface area contributed by atoms with Gasteiger partial charge in [-0.3, -0.25) is 4.79 Å². The van der Waals surface area contributed by atoms with Crippen LogP contribution in [0.15, 0.2) is 42.5 Å². The van der Waals surface area contributed by atoms with Gasteiger partial charge in [0.25, 0.3) is 0 Å². The Balaban J connectivity index is 1.67. The van der Waals surface area contributed by atoms with E-state index < -0.39 is 0 Å². The van der Waals surface area contributed by atoms with Gasteiger partial charge in [0.15, 0.2) is 12.1 Å². The molecule has 1 heterocycles. The topological polar surface area (TPSA) is 55.8 Å². The summed E-state index contributed by atoms with van der Waals surface area (Å²) in [5, 5.41) is 10.1. The van der Waals surface area contributed by atoms with Gasteiger partial charge in [0.05, 0.1) is 12.2 Å². The second kappa shape index (κ2) is 7.45. The van der Waals surface area contributed by atoms with Gasteiger partial charge in [-0.15, -0.1) is 0 Å². The molecular weight excluding hydrogens is 311 g/mol. The van der Waals surface area contributed by atoms with E-state index >= 15 is 0 Å². The van der Waals surface area contributed by atoms with Crippen LogP contribution in [0.25, 0.3) is 0 Å². The average Bonchev–Trinajstić information content (AvgIpc) is 2.58. The van der Waals surface area contributed by atoms with Crippen molar-refractivity contribution in [2.45, 2.75) is 32.0 Å². The lowest BCUT2D eigenvalue weighted by atomic mass is 10.0. The largest absolute Gasteiger partial charge is 0.507 e. The SMILES string of the molecule is O=C(Cc1ccc(F)cc1)c1ccc(OC2CCCCO2)cc1O. The monoisotopic (exact) mass is 330 g/mol. The Morgan fingerprint density at radius 1 is 1.21 bits per heavy atom. The highest BCUT2D eigenvalue weighted by Crippen LogP contribution is 2.27. The van der Waals surface area contributed by atoms with Crippen LogP contribution in [0.2, 0.25) is 0 Å². The Kier molecular flexibility index (Phi) is 5.11. The van der Waals surface area contributed by atoms with Gasteiger partial charge >= 0.3 is 0 Å². The maximum Gasteiger partial charge on any atom is 0.199 e. The zero-order chi connectivity index (χ0) is 16.9. The van der Waals surface area contributed by atoms with E-state index in [1.54, 1.807) is 24.3 Å². The molecule has 1 atom stereocenters. The molecule has 3 rings (SSSR count). The van der Waals surface area contributed by atoms with Gasteiger partial charge in [-0.25, -0.2) is 4.39 Å². The second-order valence-corrected chi connectivity index (χ2v) is 5.82. The molecule has 0 bridgehead atoms. The zero-order valence-corrected chi connectivity index (χ0v) is 13.2. The second-order valence-electron chi connectivity index (χ2n) is 5.82. The number of rotatable bonds is 5. The predicted octanol–water partition coefficient (Wildman–Crippen LogP) is 3.86. The maximum atomic E-state index is 12.9. The van der Waals surface area contributed by atoms with Crippen LogP contribution in [-0.4, -0.2) is 23.8 Å². The molecule has 126 valence electrons. The van der Waals surface area contributed by atoms with Gasteiger partial charge in [-0.1, -0.05) is 12.1 Å². The first-order valence-corrected chi connectivity index (χ1v) is 8.01. The number of ether oxygens (including phenoxy) is 2. The summed E-state index contributed by atoms with van der Waals surface area (Å²) in [6.45, 7) is 0.672. The Hall–Kier alpha value is -2.40. The van der Waals surface area contributed by atoms with Gasteiger partial charge in [0.1, 0.15) is 17.3 Å². The zero-order valence-electron chi connectivity index (χ0n) is 13.2. The summed E-state index contributed by atoms with van der Waals surface area (Å²) in [6.07, 6.45) is 2.68. The van der Waals surface area contributed by atoms with Crippen molar-refractivity contribution in [1.29, 1.82) is 0 Å². The number of phenols is 1. The first-order valence-electron chi connectivity index (χ1n) is 8.01. The van der Waals surface area contributed by atoms with Crippen molar-refractivity contribution in [2.24, 2.45) is 0 Å². The summed E-state index contributed by atoms with van der Waals surface area (Å²) in [7, 11) is 0. The highest BCUT2D eigenvalue weighted by molar-refractivity contribution is 6.00. The normalized spacial score (nSPS) is 17.5. The molecule has 4 nitrogen and oxygen atoms in total. The summed E-state index contributed by atoms with van der Waals surface area (Å²) in [6, 6.07) is 10.3. The van der Waals surface area contributed by atoms with Crippen LogP contribution in [0.1, 0.15) is 35.2 Å². The molecule has 1 fully saturated rings. The first-order chi connectivity index (χ1) is 11.6. The van der Waals surface area contributed by atoms with Crippen LogP contribution in [0.3, 0.4) is 0 Å². The number of ketones is 1. The quantitative estimate of drug-likeness (QED) is 0.846. The Labute approximate surface area is 139 Å². The standard InChI is InChI=1S/C19H19FO4/c20-14-6-4-13(5-7-14)11-17(21)16-9-8-15(12-18(16)22)24-19-3-1-2-10-23-19/h4-9,12,19,22H,1-3,10-11H2. The number of benzene rings is 2. The third-order valence-corrected chi connectivity index (χ3v) is 3.95. The molecule has 0 amide bonds. The van der Waals surface area contributed by atoms with Crippen LogP contribution < -0.4 is 4.74 Å². The van der Waals surface area contributed by atoms with Crippen LogP contribution in [0.5, 0.6) is 11.5 Å². The number of carbonyl (C=O) groups is 1. The van der Waals surface area contributed by atoms with E-state index in [9.17, 15) is 14.3 Å². The van der Waals surface area contributed by atoms with Gasteiger partial charge in [0.2, 0.25) is 0 Å². The number of carbonyl (C=O) groups excluding carboxylic acids is 1. The van der Waals surface area contributed by atoms with Crippen LogP contribution in [0.4, 0.5) is 4.39 Å². The minimum atomic E-state index is -0.347. The molecule has 2 aromatic carbocycles. The third kappa shape index (κ3) is 4.11. The van der Waals surface area contributed by atoms with Crippen molar-refractivity contribution in [1.82, 2.24) is 0 Å². The molecule has 1 unspecified atom stereocenters. The number of aromatic hydroxyl groups is 1. The number of hydrogen-bond acceptors (Lipinski definition) is 4. The molecule has 0 saturated carbocycles. The third-order valence-electron chi connectivity index (χ3n) is 3.95. The molecule has 0 aliphatic carbocycles. The molecule has 1 saturated heterocycles. The molecule has 1 aliphatic rings. The van der Waals surface area contributed by atoms with Gasteiger partial charge < -0.3 is 14.6 Å². The molecule has 24 heavy (non-hydrogen) atoms. The van der Waals surface area contributed by atoms with E-state index in [0.717, 1.165) is 19.3 Å². The van der Waals surface area contributed by atoms with E-state index in [2.05, 4.69) is 0 Å². The van der Waals surface area contributed by atoms with Crippen molar-refractivity contribution >= 4 is 5.78 Å². The predicted molar refractivity (Wildman–Crippen MR) is 86.8 cm³/mol. The Morgan fingerprint density at radius 3 is 2.67 bits per heavy atom. The highest BCUT2D eigenvalue weighted by Gasteiger charge is 2.17. The molecule has 5 heteroatoms. The van der Waals surface area contributed by atoms with Gasteiger partial charge in [-0.05, 0) is 42.7 Å². The molecule has 0 radical (unpaired) electrons. The van der Waals surface area contributed by atoms with Gasteiger partial charge in [-0.2, -0.15) is 0 Å². The number of hydrogen-bond donors (Lipinski definition) is 1. The van der Waals surface area contributed by atoms with E-state index in [1.165, 1.54) is 18.2 Å². The summed E-state index contributed by atoms with van der Waals surface area (Å²) in [5.74, 6) is -0.242. The molecule has 2 aromatic rings. The molecule has 0 aromatic heterocycles. The van der Waals surface area contributed by atoms with E-state index in [4.69, 9.17) is 9.47 Å². The molecule has 0 spiro atoms. The Morgan fingerprint density at radius 2 is 2.00 bits per heavy atom. The summed E-state index contributed by atoms with van der Waals surface area (Å²) >= 11 is 0. The number of Topliss-reactive ketones (excluding diaryl/α,β-unsaturated/α-hetero) is 1. The van der Waals surface area contributed by atoms with Crippen LogP contribution in [0, 0.1) is 5.82 Å². The van der Waals surface area contributed by atoms with Crippen molar-refractivity contribution in [3.63, 3.8) is 0 Å². The summed E-state index contributed by atoms with van der Waals surface area (Å²) in [5.41, 5.74) is 0.910. The fourth-order valence-corrected chi connectivity index (χ4v) is 2.66. The maximum absolute atomic E-state index is 12.9. The molecule has 1 aliphatic heterocycles. The first kappa shape index (κ1) is 16.5. The van der Waals surface area contributed by atoms with Crippen molar-refractivity contribution in [2.75, 3.05) is 6.61 Å². The smallest absolute Gasteiger partial charge is 0.199 e. The fourth-order valence-electron chi connectivity index (χ4n) is 2.66. The average molecular weight is 330 g/mol. The lowest BCUT2D eigenvalue weighted by molar-refractivity contribution is -0.105. The lowest BCUT2D eigenvalue weighted by Gasteiger charge is -2.23. The fraction of sp³-hybridized carbons (Fsp3) is 0.316. The lowest BCUT2D eigenvalue weighted by Crippen LogP contribution is -2.24. The van der Waals surface area contributed by atoms with Crippen molar-refractivity contribution in [3.8, 4) is 11.5 Å². The van der Waals surface area contributed by atoms with Crippen molar-refractivity contribution in [3.05, 3.63) is 59.4 Å². The molecule has 1 N–H and O–H groups in total. The van der Waals surface area contributed by atoms with Crippen LogP contribution >= 0.6 is 0 Å². The number of phenolic OH excluding ortho intramolecular Hbond substituents is 1. The van der Waals surface area contributed by atoms with Gasteiger partial charge in [0, 0.05) is 18.9 Å². The van der Waals surface area contributed by atoms with E-state index in [0.29, 0.717) is 17.9 Å². The molecular formula is C19H19FO4. The Bertz CT molecular complexity index is 706. The van der Waals surface area contributed by atoms with Crippen molar-refractivity contribution < 1.29 is 23.8 Å². The summed E-state index contributed by atoms with van der Waals surface area (Å²) in [4.78, 5) is 12.3. The van der Waals surface area contributed by atoms with E-state index in [-0.39, 0.29) is 35.6 Å². The number of halogens is 1. The minimum absolute atomic E-state index is 0.0970. The minimum Gasteiger partial charge on any atom is -0.507 e. The highest BCUT2D eigenvalue weighted by atomic mass is 19.1. The van der Waals surface area contributed by atoms with Crippen LogP contribution in [-0.2, 0) is 11.2 Å². The summed E-state index contributed by atoms with van der Waals surface area (Å²) < 4.78 is 24.1. The van der Waals surface area contributed by atoms with E-state index in [1.807, 2.05) is 0 Å².